The van der Waals surface area contributed by atoms with Crippen LogP contribution in [0.1, 0.15) is 59.3 Å². The molecule has 1 aliphatic rings. The molecule has 0 heterocycles. The van der Waals surface area contributed by atoms with E-state index in [4.69, 9.17) is 0 Å². The van der Waals surface area contributed by atoms with Gasteiger partial charge >= 0.3 is 0 Å². The molecular weight excluding hydrogens is 268 g/mol. The van der Waals surface area contributed by atoms with Gasteiger partial charge in [-0.1, -0.05) is 33.1 Å². The van der Waals surface area contributed by atoms with Crippen molar-refractivity contribution in [3.8, 4) is 0 Å². The Bertz CT molecular complexity index is 338. The van der Waals surface area contributed by atoms with E-state index in [0.29, 0.717) is 5.92 Å². The second-order valence-electron chi connectivity index (χ2n) is 6.58. The average Bonchev–Trinajstić information content (AvgIpc) is 2.46. The molecule has 0 saturated heterocycles. The van der Waals surface area contributed by atoms with Gasteiger partial charge in [0.05, 0.1) is 12.6 Å². The fraction of sp³-hybridized carbons (Fsp3) is 0.875. The molecule has 1 fully saturated rings. The first-order chi connectivity index (χ1) is 9.93. The molecule has 0 spiro atoms. The highest BCUT2D eigenvalue weighted by molar-refractivity contribution is 5.88. The van der Waals surface area contributed by atoms with Gasteiger partial charge in [0.1, 0.15) is 6.04 Å². The third-order valence-corrected chi connectivity index (χ3v) is 4.05. The predicted molar refractivity (Wildman–Crippen MR) is 82.7 cm³/mol. The molecule has 5 nitrogen and oxygen atoms in total. The van der Waals surface area contributed by atoms with Crippen molar-refractivity contribution in [3.63, 3.8) is 0 Å². The zero-order chi connectivity index (χ0) is 15.8. The molecule has 2 unspecified atom stereocenters. The lowest BCUT2D eigenvalue weighted by Crippen LogP contribution is -2.50. The van der Waals surface area contributed by atoms with Crippen LogP contribution in [0.4, 0.5) is 0 Å². The summed E-state index contributed by atoms with van der Waals surface area (Å²) < 4.78 is 0. The number of rotatable bonds is 7. The summed E-state index contributed by atoms with van der Waals surface area (Å²) in [7, 11) is 0. The quantitative estimate of drug-likeness (QED) is 0.668. The summed E-state index contributed by atoms with van der Waals surface area (Å²) in [5.74, 6) is 0.216. The number of carbonyl (C=O) groups is 2. The van der Waals surface area contributed by atoms with Crippen molar-refractivity contribution in [2.75, 3.05) is 6.61 Å². The van der Waals surface area contributed by atoms with Crippen LogP contribution in [0.15, 0.2) is 0 Å². The minimum Gasteiger partial charge on any atom is -0.394 e. The summed E-state index contributed by atoms with van der Waals surface area (Å²) in [5, 5.41) is 14.9. The van der Waals surface area contributed by atoms with Gasteiger partial charge in [-0.3, -0.25) is 9.59 Å². The van der Waals surface area contributed by atoms with E-state index in [0.717, 1.165) is 32.1 Å². The maximum Gasteiger partial charge on any atom is 0.242 e. The van der Waals surface area contributed by atoms with Gasteiger partial charge in [0.2, 0.25) is 11.8 Å². The topological polar surface area (TPSA) is 78.4 Å². The Labute approximate surface area is 127 Å². The number of amides is 2. The van der Waals surface area contributed by atoms with Crippen molar-refractivity contribution in [1.29, 1.82) is 0 Å². The molecular formula is C16H30N2O3. The molecule has 2 amide bonds. The van der Waals surface area contributed by atoms with E-state index in [1.54, 1.807) is 6.92 Å². The lowest BCUT2D eigenvalue weighted by Gasteiger charge is -2.24. The zero-order valence-electron chi connectivity index (χ0n) is 13.5. The zero-order valence-corrected chi connectivity index (χ0v) is 13.5. The second kappa shape index (κ2) is 9.03. The van der Waals surface area contributed by atoms with Crippen LogP contribution in [0.3, 0.4) is 0 Å². The molecule has 0 radical (unpaired) electrons. The normalized spacial score (nSPS) is 19.1. The number of hydrogen-bond acceptors (Lipinski definition) is 3. The van der Waals surface area contributed by atoms with Crippen molar-refractivity contribution in [2.45, 2.75) is 71.4 Å². The van der Waals surface area contributed by atoms with E-state index in [-0.39, 0.29) is 30.4 Å². The molecule has 3 N–H and O–H groups in total. The van der Waals surface area contributed by atoms with E-state index in [1.807, 2.05) is 13.8 Å². The first-order valence-electron chi connectivity index (χ1n) is 8.15. The van der Waals surface area contributed by atoms with Crippen molar-refractivity contribution >= 4 is 11.8 Å². The summed E-state index contributed by atoms with van der Waals surface area (Å²) in [4.78, 5) is 24.2. The fourth-order valence-corrected chi connectivity index (χ4v) is 2.84. The van der Waals surface area contributed by atoms with Gasteiger partial charge in [-0.25, -0.2) is 0 Å². The molecule has 1 saturated carbocycles. The van der Waals surface area contributed by atoms with E-state index in [9.17, 15) is 14.7 Å². The van der Waals surface area contributed by atoms with Crippen LogP contribution < -0.4 is 10.6 Å². The molecule has 2 atom stereocenters. The molecule has 0 aromatic heterocycles. The molecule has 21 heavy (non-hydrogen) atoms. The Balaban J connectivity index is 2.40. The maximum atomic E-state index is 12.1. The van der Waals surface area contributed by atoms with Crippen molar-refractivity contribution in [1.82, 2.24) is 10.6 Å². The number of carbonyl (C=O) groups excluding carboxylic acids is 2. The minimum atomic E-state index is -0.555. The van der Waals surface area contributed by atoms with Crippen LogP contribution in [-0.4, -0.2) is 35.6 Å². The Morgan fingerprint density at radius 2 is 1.71 bits per heavy atom. The second-order valence-corrected chi connectivity index (χ2v) is 6.58. The van der Waals surface area contributed by atoms with Crippen molar-refractivity contribution in [2.24, 2.45) is 11.8 Å². The summed E-state index contributed by atoms with van der Waals surface area (Å²) in [5.41, 5.74) is 0. The average molecular weight is 298 g/mol. The SMILES string of the molecule is CC(C)CC(CO)NC(=O)C(C)NC(=O)C1CCCCC1. The van der Waals surface area contributed by atoms with E-state index in [2.05, 4.69) is 10.6 Å². The van der Waals surface area contributed by atoms with E-state index < -0.39 is 6.04 Å². The predicted octanol–water partition coefficient (Wildman–Crippen LogP) is 1.59. The Hall–Kier alpha value is -1.10. The lowest BCUT2D eigenvalue weighted by molar-refractivity contribution is -0.131. The van der Waals surface area contributed by atoms with Gasteiger partial charge in [0.25, 0.3) is 0 Å². The van der Waals surface area contributed by atoms with Crippen LogP contribution >= 0.6 is 0 Å². The summed E-state index contributed by atoms with van der Waals surface area (Å²) >= 11 is 0. The number of aliphatic hydroxyl groups is 1. The highest BCUT2D eigenvalue weighted by atomic mass is 16.3. The molecule has 5 heteroatoms. The number of nitrogens with one attached hydrogen (secondary N) is 2. The monoisotopic (exact) mass is 298 g/mol. The van der Waals surface area contributed by atoms with E-state index >= 15 is 0 Å². The fourth-order valence-electron chi connectivity index (χ4n) is 2.84. The highest BCUT2D eigenvalue weighted by Gasteiger charge is 2.25. The smallest absolute Gasteiger partial charge is 0.242 e. The van der Waals surface area contributed by atoms with E-state index in [1.165, 1.54) is 6.42 Å². The minimum absolute atomic E-state index is 0.0123. The van der Waals surface area contributed by atoms with Gasteiger partial charge in [0.15, 0.2) is 0 Å². The number of aliphatic hydroxyl groups excluding tert-OH is 1. The summed E-state index contributed by atoms with van der Waals surface area (Å²) in [6.45, 7) is 5.71. The van der Waals surface area contributed by atoms with Crippen LogP contribution in [0.2, 0.25) is 0 Å². The Morgan fingerprint density at radius 3 is 2.24 bits per heavy atom. The van der Waals surface area contributed by atoms with Crippen LogP contribution in [0.25, 0.3) is 0 Å². The molecule has 0 aromatic carbocycles. The molecule has 1 aliphatic carbocycles. The summed E-state index contributed by atoms with van der Waals surface area (Å²) in [6, 6.07) is -0.799. The van der Waals surface area contributed by atoms with Gasteiger partial charge in [-0.15, -0.1) is 0 Å². The highest BCUT2D eigenvalue weighted by Crippen LogP contribution is 2.23. The van der Waals surface area contributed by atoms with Gasteiger partial charge in [-0.2, -0.15) is 0 Å². The van der Waals surface area contributed by atoms with Gasteiger partial charge in [-0.05, 0) is 32.1 Å². The third-order valence-electron chi connectivity index (χ3n) is 4.05. The van der Waals surface area contributed by atoms with Crippen molar-refractivity contribution in [3.05, 3.63) is 0 Å². The first kappa shape index (κ1) is 18.0. The molecule has 0 aliphatic heterocycles. The van der Waals surface area contributed by atoms with Crippen molar-refractivity contribution < 1.29 is 14.7 Å². The summed E-state index contributed by atoms with van der Waals surface area (Å²) in [6.07, 6.45) is 5.97. The molecule has 0 aromatic rings. The lowest BCUT2D eigenvalue weighted by atomic mass is 9.88. The Kier molecular flexibility index (Phi) is 7.72. The van der Waals surface area contributed by atoms with Gasteiger partial charge < -0.3 is 15.7 Å². The number of hydrogen-bond donors (Lipinski definition) is 3. The largest absolute Gasteiger partial charge is 0.394 e. The third kappa shape index (κ3) is 6.46. The van der Waals surface area contributed by atoms with Crippen LogP contribution in [-0.2, 0) is 9.59 Å². The maximum absolute atomic E-state index is 12.1. The van der Waals surface area contributed by atoms with Crippen LogP contribution in [0, 0.1) is 11.8 Å². The van der Waals surface area contributed by atoms with Crippen LogP contribution in [0.5, 0.6) is 0 Å². The molecule has 0 bridgehead atoms. The van der Waals surface area contributed by atoms with Gasteiger partial charge in [0, 0.05) is 5.92 Å². The Morgan fingerprint density at radius 1 is 1.10 bits per heavy atom. The molecule has 1 rings (SSSR count). The first-order valence-corrected chi connectivity index (χ1v) is 8.15. The molecule has 122 valence electrons. The standard InChI is InChI=1S/C16H30N2O3/c1-11(2)9-14(10-19)18-15(20)12(3)17-16(21)13-7-5-4-6-8-13/h11-14,19H,4-10H2,1-3H3,(H,17,21)(H,18,20).